The highest BCUT2D eigenvalue weighted by Crippen LogP contribution is 2.15. The first kappa shape index (κ1) is 14.5. The monoisotopic (exact) mass is 291 g/mol. The van der Waals surface area contributed by atoms with Crippen LogP contribution in [-0.4, -0.2) is 43.6 Å². The van der Waals surface area contributed by atoms with E-state index in [4.69, 9.17) is 4.74 Å². The maximum absolute atomic E-state index is 5.51. The Bertz CT molecular complexity index is 171. The van der Waals surface area contributed by atoms with Gasteiger partial charge in [0.15, 0.2) is 0 Å². The second-order valence-electron chi connectivity index (χ2n) is 5.22. The second-order valence-corrected chi connectivity index (χ2v) is 6.01. The Labute approximate surface area is 109 Å². The summed E-state index contributed by atoms with van der Waals surface area (Å²) in [4.78, 5) is 2.48. The van der Waals surface area contributed by atoms with Crippen LogP contribution in [0, 0.1) is 11.8 Å². The van der Waals surface area contributed by atoms with Crippen LogP contribution in [0.15, 0.2) is 0 Å². The van der Waals surface area contributed by atoms with E-state index in [0.717, 1.165) is 30.4 Å². The highest BCUT2D eigenvalue weighted by Gasteiger charge is 2.15. The first-order chi connectivity index (χ1) is 7.72. The molecule has 2 unspecified atom stereocenters. The van der Waals surface area contributed by atoms with Gasteiger partial charge in [-0.05, 0) is 51.1 Å². The van der Waals surface area contributed by atoms with E-state index in [9.17, 15) is 0 Å². The topological polar surface area (TPSA) is 12.5 Å². The molecule has 0 saturated carbocycles. The molecule has 2 nitrogen and oxygen atoms in total. The van der Waals surface area contributed by atoms with Gasteiger partial charge in [-0.3, -0.25) is 0 Å². The van der Waals surface area contributed by atoms with Gasteiger partial charge in [-0.15, -0.1) is 0 Å². The van der Waals surface area contributed by atoms with Crippen molar-refractivity contribution < 1.29 is 4.74 Å². The van der Waals surface area contributed by atoms with Crippen molar-refractivity contribution in [2.24, 2.45) is 11.8 Å². The Kier molecular flexibility index (Phi) is 7.67. The van der Waals surface area contributed by atoms with Crippen LogP contribution in [0.2, 0.25) is 0 Å². The lowest BCUT2D eigenvalue weighted by Crippen LogP contribution is -2.32. The number of ether oxygens (including phenoxy) is 1. The third kappa shape index (κ3) is 6.21. The van der Waals surface area contributed by atoms with Crippen LogP contribution >= 0.6 is 15.9 Å². The molecule has 0 radical (unpaired) electrons. The average Bonchev–Trinajstić information content (AvgIpc) is 2.28. The van der Waals surface area contributed by atoms with Crippen LogP contribution in [0.1, 0.15) is 32.6 Å². The van der Waals surface area contributed by atoms with Crippen molar-refractivity contribution in [2.45, 2.75) is 32.6 Å². The second kappa shape index (κ2) is 8.48. The van der Waals surface area contributed by atoms with E-state index in [1.165, 1.54) is 38.8 Å². The van der Waals surface area contributed by atoms with Crippen LogP contribution in [0.25, 0.3) is 0 Å². The van der Waals surface area contributed by atoms with Gasteiger partial charge in [0.05, 0.1) is 6.61 Å². The summed E-state index contributed by atoms with van der Waals surface area (Å²) >= 11 is 3.51. The summed E-state index contributed by atoms with van der Waals surface area (Å²) in [5.41, 5.74) is 0. The van der Waals surface area contributed by atoms with Crippen molar-refractivity contribution >= 4 is 15.9 Å². The third-order valence-corrected chi connectivity index (χ3v) is 3.89. The molecule has 96 valence electrons. The quantitative estimate of drug-likeness (QED) is 0.668. The van der Waals surface area contributed by atoms with Crippen molar-refractivity contribution in [3.63, 3.8) is 0 Å². The summed E-state index contributed by atoms with van der Waals surface area (Å²) in [5, 5.41) is 1.13. The van der Waals surface area contributed by atoms with Crippen LogP contribution in [0.5, 0.6) is 0 Å². The molecule has 0 aromatic heterocycles. The number of hydrogen-bond donors (Lipinski definition) is 0. The van der Waals surface area contributed by atoms with Crippen molar-refractivity contribution in [3.05, 3.63) is 0 Å². The molecule has 1 heterocycles. The Hall–Kier alpha value is 0.400. The Morgan fingerprint density at radius 2 is 2.25 bits per heavy atom. The summed E-state index contributed by atoms with van der Waals surface area (Å²) in [5.74, 6) is 1.61. The van der Waals surface area contributed by atoms with Gasteiger partial charge in [0, 0.05) is 18.5 Å². The molecular weight excluding hydrogens is 266 g/mol. The number of halogens is 1. The minimum Gasteiger partial charge on any atom is -0.381 e. The minimum absolute atomic E-state index is 0.769. The van der Waals surface area contributed by atoms with Crippen molar-refractivity contribution in [1.29, 1.82) is 0 Å². The fourth-order valence-electron chi connectivity index (χ4n) is 2.25. The lowest BCUT2D eigenvalue weighted by atomic mass is 10.0. The van der Waals surface area contributed by atoms with Crippen molar-refractivity contribution in [1.82, 2.24) is 4.90 Å². The molecule has 0 spiro atoms. The van der Waals surface area contributed by atoms with Gasteiger partial charge in [-0.2, -0.15) is 0 Å². The fraction of sp³-hybridized carbons (Fsp3) is 1.00. The van der Waals surface area contributed by atoms with E-state index in [1.807, 2.05) is 0 Å². The molecule has 0 bridgehead atoms. The minimum atomic E-state index is 0.769. The zero-order valence-corrected chi connectivity index (χ0v) is 12.3. The number of hydrogen-bond acceptors (Lipinski definition) is 2. The molecule has 0 aromatic rings. The van der Waals surface area contributed by atoms with Crippen LogP contribution in [-0.2, 0) is 4.74 Å². The maximum atomic E-state index is 5.51. The van der Waals surface area contributed by atoms with Gasteiger partial charge in [-0.25, -0.2) is 0 Å². The number of alkyl halides is 1. The van der Waals surface area contributed by atoms with Gasteiger partial charge in [0.1, 0.15) is 0 Å². The van der Waals surface area contributed by atoms with Crippen LogP contribution in [0.3, 0.4) is 0 Å². The zero-order chi connectivity index (χ0) is 11.8. The van der Waals surface area contributed by atoms with E-state index < -0.39 is 0 Å². The van der Waals surface area contributed by atoms with Crippen LogP contribution < -0.4 is 0 Å². The number of rotatable bonds is 7. The first-order valence-electron chi connectivity index (χ1n) is 6.54. The third-order valence-electron chi connectivity index (χ3n) is 3.43. The molecule has 0 amide bonds. The smallest absolute Gasteiger partial charge is 0.0506 e. The predicted octanol–water partition coefficient (Wildman–Crippen LogP) is 3.16. The summed E-state index contributed by atoms with van der Waals surface area (Å²) in [6.45, 7) is 6.73. The molecule has 0 N–H and O–H groups in total. The molecule has 1 aliphatic rings. The van der Waals surface area contributed by atoms with Gasteiger partial charge < -0.3 is 9.64 Å². The molecule has 1 rings (SSSR count). The van der Waals surface area contributed by atoms with Crippen molar-refractivity contribution in [3.8, 4) is 0 Å². The lowest BCUT2D eigenvalue weighted by Gasteiger charge is -2.27. The standard InChI is InChI=1S/C13H26BrNO/c1-12(5-7-14)6-8-15(2)10-13-4-3-9-16-11-13/h12-13H,3-11H2,1-2H3. The van der Waals surface area contributed by atoms with Gasteiger partial charge in [0.2, 0.25) is 0 Å². The maximum Gasteiger partial charge on any atom is 0.0506 e. The van der Waals surface area contributed by atoms with Gasteiger partial charge in [0.25, 0.3) is 0 Å². The van der Waals surface area contributed by atoms with Gasteiger partial charge in [-0.1, -0.05) is 22.9 Å². The molecule has 2 atom stereocenters. The Balaban J connectivity index is 2.07. The van der Waals surface area contributed by atoms with Gasteiger partial charge >= 0.3 is 0 Å². The Morgan fingerprint density at radius 1 is 1.44 bits per heavy atom. The van der Waals surface area contributed by atoms with E-state index in [0.29, 0.717) is 0 Å². The number of nitrogens with zero attached hydrogens (tertiary/aromatic N) is 1. The largest absolute Gasteiger partial charge is 0.381 e. The first-order valence-corrected chi connectivity index (χ1v) is 7.66. The van der Waals surface area contributed by atoms with E-state index in [1.54, 1.807) is 0 Å². The summed E-state index contributed by atoms with van der Waals surface area (Å²) in [7, 11) is 2.25. The van der Waals surface area contributed by atoms with E-state index >= 15 is 0 Å². The summed E-state index contributed by atoms with van der Waals surface area (Å²) in [6.07, 6.45) is 5.20. The highest BCUT2D eigenvalue weighted by molar-refractivity contribution is 9.09. The fourth-order valence-corrected chi connectivity index (χ4v) is 3.04. The lowest BCUT2D eigenvalue weighted by molar-refractivity contribution is 0.0415. The molecule has 1 saturated heterocycles. The van der Waals surface area contributed by atoms with E-state index in [2.05, 4.69) is 34.8 Å². The molecule has 16 heavy (non-hydrogen) atoms. The molecule has 3 heteroatoms. The summed E-state index contributed by atoms with van der Waals surface area (Å²) in [6, 6.07) is 0. The Morgan fingerprint density at radius 3 is 2.88 bits per heavy atom. The summed E-state index contributed by atoms with van der Waals surface area (Å²) < 4.78 is 5.51. The SMILES string of the molecule is CC(CCBr)CCN(C)CC1CCCOC1. The zero-order valence-electron chi connectivity index (χ0n) is 10.8. The molecule has 0 aliphatic carbocycles. The highest BCUT2D eigenvalue weighted by atomic mass is 79.9. The van der Waals surface area contributed by atoms with Crippen LogP contribution in [0.4, 0.5) is 0 Å². The average molecular weight is 292 g/mol. The predicted molar refractivity (Wildman–Crippen MR) is 73.2 cm³/mol. The molecule has 1 fully saturated rings. The normalized spacial score (nSPS) is 23.6. The molecule has 0 aromatic carbocycles. The van der Waals surface area contributed by atoms with E-state index in [-0.39, 0.29) is 0 Å². The molecule has 1 aliphatic heterocycles. The molecular formula is C13H26BrNO. The van der Waals surface area contributed by atoms with Crippen molar-refractivity contribution in [2.75, 3.05) is 38.7 Å².